The molecule has 6 nitrogen and oxygen atoms in total. The van der Waals surface area contributed by atoms with Gasteiger partial charge in [0.2, 0.25) is 0 Å². The Hall–Kier alpha value is -1.76. The minimum atomic E-state index is -3.11. The van der Waals surface area contributed by atoms with E-state index in [1.54, 1.807) is 4.90 Å². The number of nitrogens with zero attached hydrogens (tertiary/aromatic N) is 2. The van der Waals surface area contributed by atoms with Gasteiger partial charge in [-0.05, 0) is 62.8 Å². The molecular weight excluding hydrogens is 350 g/mol. The topological polar surface area (TPSA) is 69.7 Å². The molecule has 0 saturated carbocycles. The van der Waals surface area contributed by atoms with Crippen LogP contribution in [0.15, 0.2) is 18.2 Å². The quantitative estimate of drug-likeness (QED) is 0.873. The van der Waals surface area contributed by atoms with Gasteiger partial charge in [0.05, 0.1) is 5.75 Å². The number of anilines is 2. The third-order valence-corrected chi connectivity index (χ3v) is 6.30. The number of rotatable bonds is 4. The Bertz CT molecular complexity index is 757. The highest BCUT2D eigenvalue weighted by Crippen LogP contribution is 2.26. The minimum absolute atomic E-state index is 0.0350. The first-order valence-electron chi connectivity index (χ1n) is 9.44. The van der Waals surface area contributed by atoms with Gasteiger partial charge in [-0.1, -0.05) is 0 Å². The molecule has 26 heavy (non-hydrogen) atoms. The van der Waals surface area contributed by atoms with E-state index in [9.17, 15) is 13.2 Å². The molecule has 7 heteroatoms. The van der Waals surface area contributed by atoms with Crippen molar-refractivity contribution in [3.8, 4) is 0 Å². The molecule has 1 N–H and O–H groups in total. The first-order chi connectivity index (χ1) is 12.3. The van der Waals surface area contributed by atoms with Crippen LogP contribution in [0.4, 0.5) is 16.2 Å². The predicted octanol–water partition coefficient (Wildman–Crippen LogP) is 3.03. The van der Waals surface area contributed by atoms with Crippen LogP contribution in [-0.2, 0) is 9.84 Å². The van der Waals surface area contributed by atoms with Crippen molar-refractivity contribution >= 4 is 27.2 Å². The number of urea groups is 1. The van der Waals surface area contributed by atoms with Gasteiger partial charge in [-0.25, -0.2) is 13.2 Å². The van der Waals surface area contributed by atoms with Crippen LogP contribution in [0, 0.1) is 6.92 Å². The fourth-order valence-corrected chi connectivity index (χ4v) is 4.98. The maximum atomic E-state index is 12.8. The van der Waals surface area contributed by atoms with Crippen molar-refractivity contribution in [2.24, 2.45) is 0 Å². The lowest BCUT2D eigenvalue weighted by atomic mass is 10.0. The smallest absolute Gasteiger partial charge is 0.322 e. The normalized spacial score (nSPS) is 21.1. The molecule has 1 aromatic rings. The molecule has 3 rings (SSSR count). The van der Waals surface area contributed by atoms with E-state index in [0.29, 0.717) is 6.54 Å². The Morgan fingerprint density at radius 2 is 1.85 bits per heavy atom. The van der Waals surface area contributed by atoms with E-state index in [1.165, 1.54) is 24.8 Å². The van der Waals surface area contributed by atoms with Crippen LogP contribution < -0.4 is 10.2 Å². The zero-order valence-corrected chi connectivity index (χ0v) is 16.5. The summed E-state index contributed by atoms with van der Waals surface area (Å²) in [7, 11) is -3.11. The minimum Gasteiger partial charge on any atom is -0.372 e. The van der Waals surface area contributed by atoms with E-state index in [2.05, 4.69) is 22.3 Å². The van der Waals surface area contributed by atoms with Crippen molar-refractivity contribution in [2.75, 3.05) is 41.9 Å². The molecule has 1 unspecified atom stereocenters. The van der Waals surface area contributed by atoms with Gasteiger partial charge >= 0.3 is 6.03 Å². The maximum absolute atomic E-state index is 12.8. The Labute approximate surface area is 156 Å². The SMILES string of the molecule is Cc1cc(N2CCCC2)ccc1NC(=O)N1CCCCC1CS(C)(=O)=O. The first kappa shape index (κ1) is 19.0. The molecule has 2 saturated heterocycles. The van der Waals surface area contributed by atoms with Crippen molar-refractivity contribution in [1.29, 1.82) is 0 Å². The zero-order valence-electron chi connectivity index (χ0n) is 15.7. The van der Waals surface area contributed by atoms with Crippen LogP contribution in [0.2, 0.25) is 0 Å². The van der Waals surface area contributed by atoms with Crippen molar-refractivity contribution < 1.29 is 13.2 Å². The average Bonchev–Trinajstić information content (AvgIpc) is 3.10. The second kappa shape index (κ2) is 7.86. The molecule has 1 atom stereocenters. The summed E-state index contributed by atoms with van der Waals surface area (Å²) in [6, 6.07) is 5.69. The van der Waals surface area contributed by atoms with Gasteiger partial charge in [0.1, 0.15) is 9.84 Å². The summed E-state index contributed by atoms with van der Waals surface area (Å²) >= 11 is 0. The van der Waals surface area contributed by atoms with Crippen LogP contribution >= 0.6 is 0 Å². The van der Waals surface area contributed by atoms with Crippen LogP contribution in [-0.4, -0.2) is 57.0 Å². The molecule has 2 aliphatic heterocycles. The van der Waals surface area contributed by atoms with Gasteiger partial charge in [0.25, 0.3) is 0 Å². The molecule has 2 fully saturated rings. The lowest BCUT2D eigenvalue weighted by Crippen LogP contribution is -2.48. The maximum Gasteiger partial charge on any atom is 0.322 e. The molecule has 2 aliphatic rings. The number of sulfone groups is 1. The van der Waals surface area contributed by atoms with E-state index in [1.807, 2.05) is 13.0 Å². The van der Waals surface area contributed by atoms with E-state index in [0.717, 1.165) is 43.6 Å². The number of piperidine rings is 1. The number of amides is 2. The number of carbonyl (C=O) groups excluding carboxylic acids is 1. The average molecular weight is 380 g/mol. The fraction of sp³-hybridized carbons (Fsp3) is 0.632. The molecule has 0 spiro atoms. The Morgan fingerprint density at radius 3 is 2.50 bits per heavy atom. The van der Waals surface area contributed by atoms with Crippen LogP contribution in [0.3, 0.4) is 0 Å². The Morgan fingerprint density at radius 1 is 1.15 bits per heavy atom. The number of hydrogen-bond acceptors (Lipinski definition) is 4. The second-order valence-corrected chi connectivity index (χ2v) is 9.74. The van der Waals surface area contributed by atoms with Crippen LogP contribution in [0.25, 0.3) is 0 Å². The van der Waals surface area contributed by atoms with Crippen molar-refractivity contribution in [2.45, 2.75) is 45.1 Å². The Balaban J connectivity index is 1.69. The Kier molecular flexibility index (Phi) is 5.75. The van der Waals surface area contributed by atoms with Gasteiger partial charge in [-0.3, -0.25) is 0 Å². The summed E-state index contributed by atoms with van der Waals surface area (Å²) in [5.41, 5.74) is 3.02. The molecule has 0 bridgehead atoms. The monoisotopic (exact) mass is 379 g/mol. The number of nitrogens with one attached hydrogen (secondary N) is 1. The molecule has 2 heterocycles. The summed E-state index contributed by atoms with van der Waals surface area (Å²) in [5.74, 6) is 0.0350. The zero-order chi connectivity index (χ0) is 18.7. The summed E-state index contributed by atoms with van der Waals surface area (Å²) < 4.78 is 23.4. The summed E-state index contributed by atoms with van der Waals surface area (Å²) in [4.78, 5) is 16.8. The summed E-state index contributed by atoms with van der Waals surface area (Å²) in [6.07, 6.45) is 6.32. The largest absolute Gasteiger partial charge is 0.372 e. The molecule has 2 amide bonds. The van der Waals surface area contributed by atoms with E-state index in [4.69, 9.17) is 0 Å². The van der Waals surface area contributed by atoms with Crippen molar-refractivity contribution in [1.82, 2.24) is 4.90 Å². The highest BCUT2D eigenvalue weighted by atomic mass is 32.2. The standard InChI is InChI=1S/C19H29N3O3S/c1-15-13-16(21-10-5-6-11-21)8-9-18(15)20-19(23)22-12-4-3-7-17(22)14-26(2,24)25/h8-9,13,17H,3-7,10-12,14H2,1-2H3,(H,20,23). The second-order valence-electron chi connectivity index (χ2n) is 7.56. The first-order valence-corrected chi connectivity index (χ1v) is 11.5. The number of aryl methyl sites for hydroxylation is 1. The number of carbonyl (C=O) groups is 1. The van der Waals surface area contributed by atoms with Crippen molar-refractivity contribution in [3.63, 3.8) is 0 Å². The van der Waals surface area contributed by atoms with Gasteiger partial charge in [-0.2, -0.15) is 0 Å². The van der Waals surface area contributed by atoms with Gasteiger partial charge in [0, 0.05) is 43.3 Å². The molecular formula is C19H29N3O3S. The lowest BCUT2D eigenvalue weighted by Gasteiger charge is -2.35. The van der Waals surface area contributed by atoms with E-state index >= 15 is 0 Å². The molecule has 144 valence electrons. The molecule has 0 aromatic heterocycles. The van der Waals surface area contributed by atoms with E-state index in [-0.39, 0.29) is 17.8 Å². The molecule has 1 aromatic carbocycles. The highest BCUT2D eigenvalue weighted by molar-refractivity contribution is 7.90. The van der Waals surface area contributed by atoms with Gasteiger partial charge < -0.3 is 15.1 Å². The summed E-state index contributed by atoms with van der Waals surface area (Å²) in [6.45, 7) is 4.79. The fourth-order valence-electron chi connectivity index (χ4n) is 3.94. The third kappa shape index (κ3) is 4.69. The number of likely N-dealkylation sites (tertiary alicyclic amines) is 1. The molecule has 0 aliphatic carbocycles. The van der Waals surface area contributed by atoms with Gasteiger partial charge in [0.15, 0.2) is 0 Å². The van der Waals surface area contributed by atoms with Gasteiger partial charge in [-0.15, -0.1) is 0 Å². The van der Waals surface area contributed by atoms with Crippen molar-refractivity contribution in [3.05, 3.63) is 23.8 Å². The number of hydrogen-bond donors (Lipinski definition) is 1. The lowest BCUT2D eigenvalue weighted by molar-refractivity contribution is 0.171. The third-order valence-electron chi connectivity index (χ3n) is 5.31. The molecule has 0 radical (unpaired) electrons. The van der Waals surface area contributed by atoms with E-state index < -0.39 is 9.84 Å². The van der Waals surface area contributed by atoms with Crippen LogP contribution in [0.5, 0.6) is 0 Å². The predicted molar refractivity (Wildman–Crippen MR) is 106 cm³/mol. The highest BCUT2D eigenvalue weighted by Gasteiger charge is 2.29. The number of benzene rings is 1. The van der Waals surface area contributed by atoms with Crippen LogP contribution in [0.1, 0.15) is 37.7 Å². The summed E-state index contributed by atoms with van der Waals surface area (Å²) in [5, 5.41) is 2.99.